The van der Waals surface area contributed by atoms with Crippen molar-refractivity contribution in [3.05, 3.63) is 88.5 Å². The standard InChI is InChI=1S/C27H25N3O5S/c1-17-13-18(2)26(19(3)14-17)30-27(32)22(16-28)15-21-5-9-24(10-6-21)35-36(33,34)25-11-7-23(8-12-25)29-20(4)31/h5-15H,1-4H3,(H,29,31)(H,30,32). The second kappa shape index (κ2) is 10.9. The van der Waals surface area contributed by atoms with Crippen molar-refractivity contribution in [1.82, 2.24) is 0 Å². The predicted octanol–water partition coefficient (Wildman–Crippen LogP) is 4.88. The number of nitrogens with zero attached hydrogens (tertiary/aromatic N) is 1. The molecular weight excluding hydrogens is 478 g/mol. The molecule has 3 aromatic carbocycles. The van der Waals surface area contributed by atoms with Crippen LogP contribution in [0.2, 0.25) is 0 Å². The fraction of sp³-hybridized carbons (Fsp3) is 0.148. The molecule has 0 spiro atoms. The van der Waals surface area contributed by atoms with Gasteiger partial charge in [-0.15, -0.1) is 0 Å². The monoisotopic (exact) mass is 503 g/mol. The third kappa shape index (κ3) is 6.58. The van der Waals surface area contributed by atoms with E-state index in [0.717, 1.165) is 16.7 Å². The van der Waals surface area contributed by atoms with Crippen LogP contribution in [-0.4, -0.2) is 20.2 Å². The molecule has 0 aliphatic heterocycles. The highest BCUT2D eigenvalue weighted by atomic mass is 32.2. The van der Waals surface area contributed by atoms with Crippen molar-refractivity contribution in [2.75, 3.05) is 10.6 Å². The highest BCUT2D eigenvalue weighted by molar-refractivity contribution is 7.87. The largest absolute Gasteiger partial charge is 0.379 e. The van der Waals surface area contributed by atoms with Crippen LogP contribution in [0.4, 0.5) is 11.4 Å². The highest BCUT2D eigenvalue weighted by Crippen LogP contribution is 2.24. The maximum atomic E-state index is 12.7. The summed E-state index contributed by atoms with van der Waals surface area (Å²) < 4.78 is 30.3. The molecule has 0 atom stereocenters. The van der Waals surface area contributed by atoms with Crippen molar-refractivity contribution >= 4 is 39.4 Å². The van der Waals surface area contributed by atoms with Crippen molar-refractivity contribution in [2.45, 2.75) is 32.6 Å². The summed E-state index contributed by atoms with van der Waals surface area (Å²) in [5.41, 5.74) is 4.40. The zero-order chi connectivity index (χ0) is 26.5. The second-order valence-corrected chi connectivity index (χ2v) is 9.76. The van der Waals surface area contributed by atoms with E-state index in [9.17, 15) is 23.3 Å². The summed E-state index contributed by atoms with van der Waals surface area (Å²) in [4.78, 5) is 23.7. The van der Waals surface area contributed by atoms with E-state index in [4.69, 9.17) is 4.18 Å². The summed E-state index contributed by atoms with van der Waals surface area (Å²) in [6.45, 7) is 7.09. The van der Waals surface area contributed by atoms with Crippen molar-refractivity contribution < 1.29 is 22.2 Å². The Morgan fingerprint density at radius 3 is 2.03 bits per heavy atom. The van der Waals surface area contributed by atoms with E-state index >= 15 is 0 Å². The van der Waals surface area contributed by atoms with Crippen LogP contribution >= 0.6 is 0 Å². The van der Waals surface area contributed by atoms with Gasteiger partial charge in [0, 0.05) is 18.3 Å². The highest BCUT2D eigenvalue weighted by Gasteiger charge is 2.17. The van der Waals surface area contributed by atoms with Crippen LogP contribution in [0.1, 0.15) is 29.2 Å². The van der Waals surface area contributed by atoms with Crippen molar-refractivity contribution in [1.29, 1.82) is 5.26 Å². The van der Waals surface area contributed by atoms with E-state index in [2.05, 4.69) is 10.6 Å². The number of nitriles is 1. The number of nitrogens with one attached hydrogen (secondary N) is 2. The van der Waals surface area contributed by atoms with E-state index in [-0.39, 0.29) is 22.1 Å². The maximum Gasteiger partial charge on any atom is 0.339 e. The van der Waals surface area contributed by atoms with E-state index in [0.29, 0.717) is 16.9 Å². The summed E-state index contributed by atoms with van der Waals surface area (Å²) in [5.74, 6) is -0.751. The molecule has 0 heterocycles. The number of benzene rings is 3. The topological polar surface area (TPSA) is 125 Å². The van der Waals surface area contributed by atoms with Crippen LogP contribution in [0, 0.1) is 32.1 Å². The molecule has 0 bridgehead atoms. The summed E-state index contributed by atoms with van der Waals surface area (Å²) in [7, 11) is -4.10. The maximum absolute atomic E-state index is 12.7. The molecule has 0 fully saturated rings. The van der Waals surface area contributed by atoms with Gasteiger partial charge in [-0.25, -0.2) is 0 Å². The van der Waals surface area contributed by atoms with Crippen LogP contribution < -0.4 is 14.8 Å². The molecule has 3 rings (SSSR count). The van der Waals surface area contributed by atoms with Gasteiger partial charge >= 0.3 is 10.1 Å². The molecule has 2 N–H and O–H groups in total. The van der Waals surface area contributed by atoms with Crippen LogP contribution in [0.3, 0.4) is 0 Å². The Hall–Kier alpha value is -4.42. The Balaban J connectivity index is 1.73. The smallest absolute Gasteiger partial charge is 0.339 e. The van der Waals surface area contributed by atoms with Crippen molar-refractivity contribution in [3.8, 4) is 11.8 Å². The van der Waals surface area contributed by atoms with Gasteiger partial charge in [-0.1, -0.05) is 29.8 Å². The van der Waals surface area contributed by atoms with Crippen LogP contribution in [0.15, 0.2) is 71.1 Å². The fourth-order valence-corrected chi connectivity index (χ4v) is 4.51. The third-order valence-corrected chi connectivity index (χ3v) is 6.40. The first-order valence-electron chi connectivity index (χ1n) is 10.9. The minimum absolute atomic E-state index is 0.0620. The SMILES string of the molecule is CC(=O)Nc1ccc(S(=O)(=O)Oc2ccc(C=C(C#N)C(=O)Nc3c(C)cc(C)cc3C)cc2)cc1. The zero-order valence-corrected chi connectivity index (χ0v) is 21.1. The molecule has 8 nitrogen and oxygen atoms in total. The lowest BCUT2D eigenvalue weighted by Gasteiger charge is -2.12. The van der Waals surface area contributed by atoms with E-state index < -0.39 is 16.0 Å². The van der Waals surface area contributed by atoms with Gasteiger partial charge < -0.3 is 14.8 Å². The molecule has 9 heteroatoms. The lowest BCUT2D eigenvalue weighted by molar-refractivity contribution is -0.114. The number of amides is 2. The molecule has 0 unspecified atom stereocenters. The number of anilines is 2. The predicted molar refractivity (Wildman–Crippen MR) is 138 cm³/mol. The molecule has 0 saturated heterocycles. The number of hydrogen-bond donors (Lipinski definition) is 2. The van der Waals surface area contributed by atoms with Gasteiger partial charge in [0.15, 0.2) is 0 Å². The first-order chi connectivity index (χ1) is 17.0. The molecular formula is C27H25N3O5S. The second-order valence-electron chi connectivity index (χ2n) is 8.21. The van der Waals surface area contributed by atoms with Gasteiger partial charge in [0.25, 0.3) is 5.91 Å². The molecule has 0 radical (unpaired) electrons. The van der Waals surface area contributed by atoms with Crippen LogP contribution in [-0.2, 0) is 19.7 Å². The Morgan fingerprint density at radius 2 is 1.50 bits per heavy atom. The molecule has 0 saturated carbocycles. The summed E-state index contributed by atoms with van der Waals surface area (Å²) in [6, 6.07) is 17.3. The number of rotatable bonds is 7. The van der Waals surface area contributed by atoms with E-state index in [1.807, 2.05) is 39.0 Å². The summed E-state index contributed by atoms with van der Waals surface area (Å²) in [6.07, 6.45) is 1.41. The Morgan fingerprint density at radius 1 is 0.917 bits per heavy atom. The van der Waals surface area contributed by atoms with Crippen molar-refractivity contribution in [3.63, 3.8) is 0 Å². The number of carbonyl (C=O) groups is 2. The summed E-state index contributed by atoms with van der Waals surface area (Å²) >= 11 is 0. The molecule has 0 aliphatic carbocycles. The fourth-order valence-electron chi connectivity index (χ4n) is 3.58. The zero-order valence-electron chi connectivity index (χ0n) is 20.2. The lowest BCUT2D eigenvalue weighted by Crippen LogP contribution is -2.15. The minimum atomic E-state index is -4.10. The number of aryl methyl sites for hydroxylation is 3. The van der Waals surface area contributed by atoms with Gasteiger partial charge in [0.05, 0.1) is 0 Å². The van der Waals surface area contributed by atoms with E-state index in [1.165, 1.54) is 61.5 Å². The Labute approximate surface area is 210 Å². The minimum Gasteiger partial charge on any atom is -0.379 e. The first kappa shape index (κ1) is 26.2. The Bertz CT molecular complexity index is 1460. The number of carbonyl (C=O) groups excluding carboxylic acids is 2. The normalized spacial score (nSPS) is 11.4. The van der Waals surface area contributed by atoms with Gasteiger partial charge in [-0.05, 0) is 79.9 Å². The molecule has 2 amide bonds. The quantitative estimate of drug-likeness (QED) is 0.269. The summed E-state index contributed by atoms with van der Waals surface area (Å²) in [5, 5.41) is 14.9. The molecule has 0 aliphatic rings. The van der Waals surface area contributed by atoms with Crippen LogP contribution in [0.25, 0.3) is 6.08 Å². The number of hydrogen-bond acceptors (Lipinski definition) is 6. The molecule has 36 heavy (non-hydrogen) atoms. The molecule has 0 aromatic heterocycles. The van der Waals surface area contributed by atoms with Gasteiger partial charge in [0.2, 0.25) is 5.91 Å². The first-order valence-corrected chi connectivity index (χ1v) is 12.3. The van der Waals surface area contributed by atoms with Crippen molar-refractivity contribution in [2.24, 2.45) is 0 Å². The van der Waals surface area contributed by atoms with Gasteiger partial charge in [0.1, 0.15) is 22.3 Å². The third-order valence-electron chi connectivity index (χ3n) is 5.14. The van der Waals surface area contributed by atoms with E-state index in [1.54, 1.807) is 0 Å². The molecule has 184 valence electrons. The Kier molecular flexibility index (Phi) is 7.92. The lowest BCUT2D eigenvalue weighted by atomic mass is 10.0. The molecule has 3 aromatic rings. The average Bonchev–Trinajstić information content (AvgIpc) is 2.80. The average molecular weight is 504 g/mol. The van der Waals surface area contributed by atoms with Gasteiger partial charge in [-0.2, -0.15) is 13.7 Å². The van der Waals surface area contributed by atoms with Gasteiger partial charge in [-0.3, -0.25) is 9.59 Å². The van der Waals surface area contributed by atoms with Crippen LogP contribution in [0.5, 0.6) is 5.75 Å².